The predicted octanol–water partition coefficient (Wildman–Crippen LogP) is 4.30. The molecule has 140 valence electrons. The molecule has 0 saturated carbocycles. The van der Waals surface area contributed by atoms with E-state index in [1.807, 2.05) is 40.0 Å². The van der Waals surface area contributed by atoms with Crippen LogP contribution in [0.2, 0.25) is 0 Å². The molecule has 0 spiro atoms. The normalized spacial score (nSPS) is 16.7. The Kier molecular flexibility index (Phi) is 7.95. The van der Waals surface area contributed by atoms with Gasteiger partial charge in [-0.25, -0.2) is 4.98 Å². The van der Waals surface area contributed by atoms with Crippen LogP contribution >= 0.6 is 21.6 Å². The third-order valence-corrected chi connectivity index (χ3v) is 7.58. The molecule has 1 fully saturated rings. The Balaban J connectivity index is 1.32. The molecule has 0 bridgehead atoms. The molecule has 0 radical (unpaired) electrons. The first kappa shape index (κ1) is 19.4. The SMILES string of the molecule is O=C(CCCCC1CCSS1)NCCc1nccn1Cc1ccccc1. The Morgan fingerprint density at radius 1 is 1.27 bits per heavy atom. The van der Waals surface area contributed by atoms with Crippen molar-refractivity contribution < 1.29 is 4.79 Å². The molecule has 1 amide bonds. The Hall–Kier alpha value is -1.40. The Morgan fingerprint density at radius 2 is 2.15 bits per heavy atom. The summed E-state index contributed by atoms with van der Waals surface area (Å²) in [5.41, 5.74) is 1.26. The number of carbonyl (C=O) groups excluding carboxylic acids is 1. The van der Waals surface area contributed by atoms with E-state index in [4.69, 9.17) is 0 Å². The van der Waals surface area contributed by atoms with Crippen LogP contribution in [-0.2, 0) is 17.8 Å². The predicted molar refractivity (Wildman–Crippen MR) is 111 cm³/mol. The first-order chi connectivity index (χ1) is 12.8. The van der Waals surface area contributed by atoms with Crippen LogP contribution in [0.25, 0.3) is 0 Å². The van der Waals surface area contributed by atoms with Gasteiger partial charge in [0.25, 0.3) is 0 Å². The molecule has 1 aromatic carbocycles. The summed E-state index contributed by atoms with van der Waals surface area (Å²) >= 11 is 0. The first-order valence-corrected chi connectivity index (χ1v) is 11.8. The fraction of sp³-hybridized carbons (Fsp3) is 0.500. The number of aromatic nitrogens is 2. The minimum absolute atomic E-state index is 0.166. The van der Waals surface area contributed by atoms with E-state index in [-0.39, 0.29) is 5.91 Å². The molecule has 0 aliphatic carbocycles. The molecule has 1 unspecified atom stereocenters. The van der Waals surface area contributed by atoms with Gasteiger partial charge in [-0.05, 0) is 24.8 Å². The lowest BCUT2D eigenvalue weighted by Gasteiger charge is -2.09. The molecule has 1 aliphatic rings. The van der Waals surface area contributed by atoms with Crippen molar-refractivity contribution in [1.82, 2.24) is 14.9 Å². The molecule has 4 nitrogen and oxygen atoms in total. The van der Waals surface area contributed by atoms with Crippen molar-refractivity contribution in [3.63, 3.8) is 0 Å². The number of imidazole rings is 1. The maximum absolute atomic E-state index is 12.0. The molecular formula is C20H27N3OS2. The fourth-order valence-corrected chi connectivity index (χ4v) is 6.14. The molecule has 3 rings (SSSR count). The summed E-state index contributed by atoms with van der Waals surface area (Å²) in [7, 11) is 4.01. The summed E-state index contributed by atoms with van der Waals surface area (Å²) in [6.45, 7) is 1.47. The molecule has 6 heteroatoms. The third kappa shape index (κ3) is 6.40. The van der Waals surface area contributed by atoms with Gasteiger partial charge in [0.15, 0.2) is 0 Å². The minimum atomic E-state index is 0.166. The molecule has 1 aromatic heterocycles. The highest BCUT2D eigenvalue weighted by atomic mass is 33.1. The van der Waals surface area contributed by atoms with Gasteiger partial charge in [-0.3, -0.25) is 4.79 Å². The zero-order chi connectivity index (χ0) is 18.0. The monoisotopic (exact) mass is 389 g/mol. The second kappa shape index (κ2) is 10.7. The minimum Gasteiger partial charge on any atom is -0.356 e. The first-order valence-electron chi connectivity index (χ1n) is 9.40. The standard InChI is InChI=1S/C20H27N3OS2/c24-20(9-5-4-8-18-11-15-25-26-18)22-12-10-19-21-13-14-23(19)16-17-6-2-1-3-7-17/h1-3,6-7,13-14,18H,4-5,8-12,15-16H2,(H,22,24). The lowest BCUT2D eigenvalue weighted by molar-refractivity contribution is -0.121. The number of rotatable bonds is 10. The van der Waals surface area contributed by atoms with Crippen molar-refractivity contribution in [3.05, 3.63) is 54.1 Å². The zero-order valence-corrected chi connectivity index (χ0v) is 16.7. The molecule has 2 heterocycles. The Labute approximate surface area is 163 Å². The quantitative estimate of drug-likeness (QED) is 0.486. The van der Waals surface area contributed by atoms with E-state index in [2.05, 4.69) is 39.1 Å². The van der Waals surface area contributed by atoms with Gasteiger partial charge in [0.1, 0.15) is 5.82 Å². The number of unbranched alkanes of at least 4 members (excludes halogenated alkanes) is 1. The summed E-state index contributed by atoms with van der Waals surface area (Å²) in [6, 6.07) is 10.4. The van der Waals surface area contributed by atoms with Gasteiger partial charge < -0.3 is 9.88 Å². The van der Waals surface area contributed by atoms with E-state index < -0.39 is 0 Å². The average Bonchev–Trinajstić information content (AvgIpc) is 3.32. The summed E-state index contributed by atoms with van der Waals surface area (Å²) in [6.07, 6.45) is 9.98. The van der Waals surface area contributed by atoms with Crippen molar-refractivity contribution in [2.75, 3.05) is 12.3 Å². The lowest BCUT2D eigenvalue weighted by Crippen LogP contribution is -2.26. The average molecular weight is 390 g/mol. The number of amides is 1. The highest BCUT2D eigenvalue weighted by molar-refractivity contribution is 8.77. The zero-order valence-electron chi connectivity index (χ0n) is 15.1. The van der Waals surface area contributed by atoms with Crippen molar-refractivity contribution in [1.29, 1.82) is 0 Å². The maximum Gasteiger partial charge on any atom is 0.220 e. The van der Waals surface area contributed by atoms with E-state index in [1.165, 1.54) is 24.2 Å². The molecule has 2 aromatic rings. The number of hydrogen-bond donors (Lipinski definition) is 1. The van der Waals surface area contributed by atoms with Crippen LogP contribution in [0.15, 0.2) is 42.7 Å². The van der Waals surface area contributed by atoms with Gasteiger partial charge in [-0.15, -0.1) is 0 Å². The van der Waals surface area contributed by atoms with Gasteiger partial charge in [0.2, 0.25) is 5.91 Å². The maximum atomic E-state index is 12.0. The summed E-state index contributed by atoms with van der Waals surface area (Å²) in [5, 5.41) is 3.85. The van der Waals surface area contributed by atoms with Crippen LogP contribution in [0.5, 0.6) is 0 Å². The molecule has 26 heavy (non-hydrogen) atoms. The largest absolute Gasteiger partial charge is 0.356 e. The fourth-order valence-electron chi connectivity index (χ4n) is 3.12. The van der Waals surface area contributed by atoms with E-state index >= 15 is 0 Å². The molecule has 1 N–H and O–H groups in total. The number of carbonyl (C=O) groups is 1. The summed E-state index contributed by atoms with van der Waals surface area (Å²) < 4.78 is 2.15. The van der Waals surface area contributed by atoms with Gasteiger partial charge in [0, 0.05) is 49.3 Å². The molecule has 1 atom stereocenters. The molecule has 1 saturated heterocycles. The van der Waals surface area contributed by atoms with Gasteiger partial charge in [-0.1, -0.05) is 58.3 Å². The lowest BCUT2D eigenvalue weighted by atomic mass is 10.1. The van der Waals surface area contributed by atoms with Crippen molar-refractivity contribution in [2.24, 2.45) is 0 Å². The van der Waals surface area contributed by atoms with Crippen molar-refractivity contribution >= 4 is 27.5 Å². The van der Waals surface area contributed by atoms with Crippen molar-refractivity contribution in [2.45, 2.75) is 50.3 Å². The highest BCUT2D eigenvalue weighted by Crippen LogP contribution is 2.39. The topological polar surface area (TPSA) is 46.9 Å². The molecule has 1 aliphatic heterocycles. The summed E-state index contributed by atoms with van der Waals surface area (Å²) in [4.78, 5) is 16.4. The second-order valence-corrected chi connectivity index (χ2v) is 9.42. The Morgan fingerprint density at radius 3 is 2.96 bits per heavy atom. The van der Waals surface area contributed by atoms with Crippen LogP contribution in [-0.4, -0.2) is 33.0 Å². The van der Waals surface area contributed by atoms with E-state index in [0.717, 1.165) is 36.9 Å². The third-order valence-electron chi connectivity index (χ3n) is 4.58. The molecular weight excluding hydrogens is 362 g/mol. The van der Waals surface area contributed by atoms with Gasteiger partial charge in [-0.2, -0.15) is 0 Å². The van der Waals surface area contributed by atoms with Gasteiger partial charge >= 0.3 is 0 Å². The van der Waals surface area contributed by atoms with E-state index in [0.29, 0.717) is 13.0 Å². The number of nitrogens with zero attached hydrogens (tertiary/aromatic N) is 2. The van der Waals surface area contributed by atoms with Crippen LogP contribution in [0.3, 0.4) is 0 Å². The highest BCUT2D eigenvalue weighted by Gasteiger charge is 2.15. The van der Waals surface area contributed by atoms with Gasteiger partial charge in [0.05, 0.1) is 0 Å². The van der Waals surface area contributed by atoms with E-state index in [1.54, 1.807) is 0 Å². The van der Waals surface area contributed by atoms with Crippen LogP contribution < -0.4 is 5.32 Å². The van der Waals surface area contributed by atoms with Crippen LogP contribution in [0.4, 0.5) is 0 Å². The smallest absolute Gasteiger partial charge is 0.220 e. The van der Waals surface area contributed by atoms with Crippen LogP contribution in [0.1, 0.15) is 43.5 Å². The number of hydrogen-bond acceptors (Lipinski definition) is 4. The van der Waals surface area contributed by atoms with E-state index in [9.17, 15) is 4.79 Å². The van der Waals surface area contributed by atoms with Crippen LogP contribution in [0, 0.1) is 0 Å². The van der Waals surface area contributed by atoms with Crippen molar-refractivity contribution in [3.8, 4) is 0 Å². The second-order valence-electron chi connectivity index (χ2n) is 6.63. The number of nitrogens with one attached hydrogen (secondary N) is 1. The Bertz CT molecular complexity index is 669. The summed E-state index contributed by atoms with van der Waals surface area (Å²) in [5.74, 6) is 2.47. The number of benzene rings is 1.